The van der Waals surface area contributed by atoms with Gasteiger partial charge in [0, 0.05) is 10.5 Å². The third kappa shape index (κ3) is 4.38. The van der Waals surface area contributed by atoms with Crippen LogP contribution in [0.15, 0.2) is 22.7 Å². The van der Waals surface area contributed by atoms with Crippen molar-refractivity contribution in [3.8, 4) is 5.75 Å². The summed E-state index contributed by atoms with van der Waals surface area (Å²) in [5.41, 5.74) is -0.733. The Morgan fingerprint density at radius 1 is 1.30 bits per heavy atom. The average Bonchev–Trinajstić information content (AvgIpc) is 2.40. The van der Waals surface area contributed by atoms with Crippen LogP contribution in [0.2, 0.25) is 0 Å². The van der Waals surface area contributed by atoms with E-state index < -0.39 is 11.7 Å². The highest BCUT2D eigenvalue weighted by atomic mass is 79.9. The second-order valence-corrected chi connectivity index (χ2v) is 5.84. The summed E-state index contributed by atoms with van der Waals surface area (Å²) in [7, 11) is 0. The van der Waals surface area contributed by atoms with E-state index in [4.69, 9.17) is 4.74 Å². The van der Waals surface area contributed by atoms with E-state index in [9.17, 15) is 13.2 Å². The second kappa shape index (κ2) is 6.80. The minimum Gasteiger partial charge on any atom is -0.493 e. The molecule has 0 radical (unpaired) electrons. The Morgan fingerprint density at radius 2 is 2.10 bits per heavy atom. The molecule has 1 aliphatic heterocycles. The van der Waals surface area contributed by atoms with Gasteiger partial charge >= 0.3 is 6.18 Å². The summed E-state index contributed by atoms with van der Waals surface area (Å²) in [4.78, 5) is 0. The van der Waals surface area contributed by atoms with Crippen LogP contribution < -0.4 is 10.1 Å². The molecule has 1 N–H and O–H groups in total. The van der Waals surface area contributed by atoms with Crippen molar-refractivity contribution in [2.24, 2.45) is 0 Å². The van der Waals surface area contributed by atoms with Gasteiger partial charge in [0.15, 0.2) is 0 Å². The lowest BCUT2D eigenvalue weighted by molar-refractivity contribution is -0.139. The van der Waals surface area contributed by atoms with Crippen molar-refractivity contribution >= 4 is 15.9 Å². The zero-order chi connectivity index (χ0) is 14.6. The van der Waals surface area contributed by atoms with Crippen LogP contribution >= 0.6 is 15.9 Å². The van der Waals surface area contributed by atoms with Crippen molar-refractivity contribution in [1.29, 1.82) is 0 Å². The maximum Gasteiger partial charge on any atom is 0.420 e. The lowest BCUT2D eigenvalue weighted by atomic mass is 10.0. The molecule has 20 heavy (non-hydrogen) atoms. The Labute approximate surface area is 124 Å². The molecule has 112 valence electrons. The molecule has 2 rings (SSSR count). The van der Waals surface area contributed by atoms with Crippen molar-refractivity contribution in [3.63, 3.8) is 0 Å². The highest BCUT2D eigenvalue weighted by Crippen LogP contribution is 2.37. The molecule has 1 heterocycles. The van der Waals surface area contributed by atoms with Crippen LogP contribution in [0.3, 0.4) is 0 Å². The van der Waals surface area contributed by atoms with Gasteiger partial charge in [0.25, 0.3) is 0 Å². The zero-order valence-electron chi connectivity index (χ0n) is 11.0. The Kier molecular flexibility index (Phi) is 5.32. The number of benzene rings is 1. The van der Waals surface area contributed by atoms with Crippen LogP contribution in [0.5, 0.6) is 5.75 Å². The van der Waals surface area contributed by atoms with Gasteiger partial charge in [-0.15, -0.1) is 0 Å². The molecule has 6 heteroatoms. The van der Waals surface area contributed by atoms with Gasteiger partial charge in [-0.1, -0.05) is 22.4 Å². The maximum atomic E-state index is 12.9. The lowest BCUT2D eigenvalue weighted by Crippen LogP contribution is -2.35. The summed E-state index contributed by atoms with van der Waals surface area (Å²) in [6.07, 6.45) is -0.266. The molecule has 0 aliphatic carbocycles. The van der Waals surface area contributed by atoms with Crippen LogP contribution in [-0.2, 0) is 6.18 Å². The predicted octanol–water partition coefficient (Wildman–Crippen LogP) is 4.38. The Hall–Kier alpha value is -0.750. The number of nitrogens with one attached hydrogen (secondary N) is 1. The predicted molar refractivity (Wildman–Crippen MR) is 74.9 cm³/mol. The Bertz CT molecular complexity index is 445. The lowest BCUT2D eigenvalue weighted by Gasteiger charge is -2.23. The fourth-order valence-corrected chi connectivity index (χ4v) is 2.69. The first-order chi connectivity index (χ1) is 9.47. The van der Waals surface area contributed by atoms with Crippen molar-refractivity contribution in [1.82, 2.24) is 5.32 Å². The van der Waals surface area contributed by atoms with E-state index in [2.05, 4.69) is 21.2 Å². The highest BCUT2D eigenvalue weighted by molar-refractivity contribution is 9.10. The monoisotopic (exact) mass is 351 g/mol. The fourth-order valence-electron chi connectivity index (χ4n) is 2.33. The van der Waals surface area contributed by atoms with Crippen molar-refractivity contribution in [2.45, 2.75) is 37.9 Å². The normalized spacial score (nSPS) is 19.9. The standard InChI is InChI=1S/C14H17BrF3NO/c15-10-4-5-13(12(9-10)14(16,17)18)20-8-6-11-3-1-2-7-19-11/h4-5,9,11,19H,1-3,6-8H2. The van der Waals surface area contributed by atoms with Gasteiger partial charge in [-0.05, 0) is 44.0 Å². The fraction of sp³-hybridized carbons (Fsp3) is 0.571. The van der Waals surface area contributed by atoms with Crippen LogP contribution in [0.1, 0.15) is 31.2 Å². The van der Waals surface area contributed by atoms with E-state index in [1.54, 1.807) is 6.07 Å². The molecule has 2 nitrogen and oxygen atoms in total. The minimum atomic E-state index is -4.40. The minimum absolute atomic E-state index is 0.100. The molecule has 1 atom stereocenters. The van der Waals surface area contributed by atoms with Gasteiger partial charge in [0.2, 0.25) is 0 Å². The van der Waals surface area contributed by atoms with Crippen molar-refractivity contribution in [3.05, 3.63) is 28.2 Å². The smallest absolute Gasteiger partial charge is 0.420 e. The third-order valence-corrected chi connectivity index (χ3v) is 3.88. The number of alkyl halides is 3. The number of halogens is 4. The summed E-state index contributed by atoms with van der Waals surface area (Å²) < 4.78 is 44.4. The van der Waals surface area contributed by atoms with Crippen LogP contribution in [0, 0.1) is 0 Å². The number of piperidine rings is 1. The molecular formula is C14H17BrF3NO. The topological polar surface area (TPSA) is 21.3 Å². The molecule has 0 amide bonds. The van der Waals surface area contributed by atoms with Crippen molar-refractivity contribution in [2.75, 3.05) is 13.2 Å². The van der Waals surface area contributed by atoms with E-state index in [0.29, 0.717) is 17.1 Å². The first-order valence-corrected chi connectivity index (χ1v) is 7.49. The summed E-state index contributed by atoms with van der Waals surface area (Å²) in [6, 6.07) is 4.33. The van der Waals surface area contributed by atoms with E-state index in [0.717, 1.165) is 25.5 Å². The quantitative estimate of drug-likeness (QED) is 0.869. The summed E-state index contributed by atoms with van der Waals surface area (Å²) in [5, 5.41) is 3.35. The number of rotatable bonds is 4. The molecule has 1 fully saturated rings. The molecule has 1 aliphatic rings. The molecule has 1 aromatic rings. The average molecular weight is 352 g/mol. The summed E-state index contributed by atoms with van der Waals surface area (Å²) >= 11 is 3.05. The molecule has 0 aromatic heterocycles. The molecule has 0 saturated carbocycles. The SMILES string of the molecule is FC(F)(F)c1cc(Br)ccc1OCCC1CCCCN1. The highest BCUT2D eigenvalue weighted by Gasteiger charge is 2.34. The maximum absolute atomic E-state index is 12.9. The molecule has 0 spiro atoms. The van der Waals surface area contributed by atoms with Gasteiger partial charge in [0.1, 0.15) is 5.75 Å². The van der Waals surface area contributed by atoms with Gasteiger partial charge < -0.3 is 10.1 Å². The van der Waals surface area contributed by atoms with E-state index in [1.165, 1.54) is 18.9 Å². The van der Waals surface area contributed by atoms with Crippen molar-refractivity contribution < 1.29 is 17.9 Å². The molecule has 1 unspecified atom stereocenters. The van der Waals surface area contributed by atoms with Gasteiger partial charge in [-0.3, -0.25) is 0 Å². The van der Waals surface area contributed by atoms with Crippen LogP contribution in [0.4, 0.5) is 13.2 Å². The number of ether oxygens (including phenoxy) is 1. The number of hydrogen-bond acceptors (Lipinski definition) is 2. The molecular weight excluding hydrogens is 335 g/mol. The Balaban J connectivity index is 1.95. The molecule has 0 bridgehead atoms. The van der Waals surface area contributed by atoms with Gasteiger partial charge in [-0.25, -0.2) is 0 Å². The molecule has 1 aromatic carbocycles. The van der Waals surface area contributed by atoms with E-state index in [1.807, 2.05) is 0 Å². The van der Waals surface area contributed by atoms with Crippen LogP contribution in [0.25, 0.3) is 0 Å². The first-order valence-electron chi connectivity index (χ1n) is 6.70. The third-order valence-electron chi connectivity index (χ3n) is 3.38. The van der Waals surface area contributed by atoms with Crippen LogP contribution in [-0.4, -0.2) is 19.2 Å². The largest absolute Gasteiger partial charge is 0.493 e. The number of hydrogen-bond donors (Lipinski definition) is 1. The Morgan fingerprint density at radius 3 is 2.75 bits per heavy atom. The van der Waals surface area contributed by atoms with E-state index in [-0.39, 0.29) is 5.75 Å². The van der Waals surface area contributed by atoms with Gasteiger partial charge in [-0.2, -0.15) is 13.2 Å². The first kappa shape index (κ1) is 15.6. The van der Waals surface area contributed by atoms with E-state index >= 15 is 0 Å². The molecule has 1 saturated heterocycles. The summed E-state index contributed by atoms with van der Waals surface area (Å²) in [6.45, 7) is 1.28. The van der Waals surface area contributed by atoms with Gasteiger partial charge in [0.05, 0.1) is 12.2 Å². The second-order valence-electron chi connectivity index (χ2n) is 4.92. The zero-order valence-corrected chi connectivity index (χ0v) is 12.6. The summed E-state index contributed by atoms with van der Waals surface area (Å²) in [5.74, 6) is -0.100.